The van der Waals surface area contributed by atoms with Crippen molar-refractivity contribution in [1.82, 2.24) is 25.0 Å². The first-order valence-corrected chi connectivity index (χ1v) is 9.22. The summed E-state index contributed by atoms with van der Waals surface area (Å²) in [7, 11) is 4.63. The summed E-state index contributed by atoms with van der Waals surface area (Å²) in [5.41, 5.74) is 1.10. The second-order valence-electron chi connectivity index (χ2n) is 5.40. The van der Waals surface area contributed by atoms with Gasteiger partial charge in [-0.25, -0.2) is 4.98 Å². The van der Waals surface area contributed by atoms with Crippen molar-refractivity contribution >= 4 is 16.8 Å². The van der Waals surface area contributed by atoms with E-state index in [-0.39, 0.29) is 0 Å². The molecule has 0 saturated heterocycles. The lowest BCUT2D eigenvalue weighted by atomic mass is 10.2. The van der Waals surface area contributed by atoms with Crippen molar-refractivity contribution in [2.45, 2.75) is 12.3 Å². The first-order chi connectivity index (χ1) is 11.6. The molecule has 0 amide bonds. The molecule has 7 nitrogen and oxygen atoms in total. The van der Waals surface area contributed by atoms with E-state index in [2.05, 4.69) is 20.4 Å². The molecule has 8 heteroatoms. The van der Waals surface area contributed by atoms with Crippen LogP contribution < -0.4 is 5.32 Å². The van der Waals surface area contributed by atoms with E-state index in [1.807, 2.05) is 49.3 Å². The van der Waals surface area contributed by atoms with Gasteiger partial charge in [0, 0.05) is 50.0 Å². The summed E-state index contributed by atoms with van der Waals surface area (Å²) in [6.45, 7) is 1.21. The first kappa shape index (κ1) is 18.1. The molecule has 130 valence electrons. The molecule has 0 radical (unpaired) electrons. The summed E-state index contributed by atoms with van der Waals surface area (Å²) < 4.78 is 13.9. The maximum atomic E-state index is 12.1. The largest absolute Gasteiger partial charge is 0.355 e. The van der Waals surface area contributed by atoms with Crippen LogP contribution in [-0.4, -0.2) is 56.2 Å². The molecule has 1 heterocycles. The first-order valence-electron chi connectivity index (χ1n) is 7.73. The van der Waals surface area contributed by atoms with Crippen LogP contribution in [0.4, 0.5) is 0 Å². The molecule has 1 atom stereocenters. The van der Waals surface area contributed by atoms with Crippen LogP contribution in [0.15, 0.2) is 41.7 Å². The van der Waals surface area contributed by atoms with Crippen molar-refractivity contribution in [2.75, 3.05) is 26.4 Å². The van der Waals surface area contributed by atoms with Crippen LogP contribution in [0.5, 0.6) is 0 Å². The van der Waals surface area contributed by atoms with Crippen molar-refractivity contribution in [3.8, 4) is 0 Å². The summed E-state index contributed by atoms with van der Waals surface area (Å²) in [6.07, 6.45) is 1.53. The monoisotopic (exact) mass is 348 g/mol. The van der Waals surface area contributed by atoms with E-state index in [0.717, 1.165) is 17.3 Å². The predicted molar refractivity (Wildman–Crippen MR) is 97.0 cm³/mol. The van der Waals surface area contributed by atoms with Gasteiger partial charge in [0.2, 0.25) is 0 Å². The van der Waals surface area contributed by atoms with E-state index in [1.165, 1.54) is 6.33 Å². The summed E-state index contributed by atoms with van der Waals surface area (Å²) >= 11 is 0. The molecule has 2 rings (SSSR count). The quantitative estimate of drug-likeness (QED) is 0.591. The third-order valence-electron chi connectivity index (χ3n) is 3.54. The zero-order chi connectivity index (χ0) is 17.4. The molecule has 1 aromatic carbocycles. The maximum Gasteiger partial charge on any atom is 0.193 e. The summed E-state index contributed by atoms with van der Waals surface area (Å²) in [4.78, 5) is 10.4. The molecule has 24 heavy (non-hydrogen) atoms. The van der Waals surface area contributed by atoms with Gasteiger partial charge in [0.15, 0.2) is 5.96 Å². The van der Waals surface area contributed by atoms with Gasteiger partial charge in [-0.15, -0.1) is 0 Å². The van der Waals surface area contributed by atoms with Crippen LogP contribution in [0.1, 0.15) is 11.4 Å². The van der Waals surface area contributed by atoms with E-state index in [4.69, 9.17) is 0 Å². The van der Waals surface area contributed by atoms with Crippen LogP contribution in [0.25, 0.3) is 0 Å². The lowest BCUT2D eigenvalue weighted by Crippen LogP contribution is -2.40. The number of aromatic nitrogens is 3. The van der Waals surface area contributed by atoms with E-state index < -0.39 is 10.8 Å². The molecule has 0 bridgehead atoms. The van der Waals surface area contributed by atoms with Crippen molar-refractivity contribution in [1.29, 1.82) is 0 Å². The Morgan fingerprint density at radius 1 is 1.38 bits per heavy atom. The number of aliphatic imine (C=N–C) groups is 1. The summed E-state index contributed by atoms with van der Waals surface area (Å²) in [6, 6.07) is 9.89. The molecule has 0 aliphatic rings. The van der Waals surface area contributed by atoms with Crippen molar-refractivity contribution in [3.05, 3.63) is 48.0 Å². The Kier molecular flexibility index (Phi) is 6.92. The maximum absolute atomic E-state index is 12.1. The van der Waals surface area contributed by atoms with Crippen LogP contribution in [0.2, 0.25) is 0 Å². The Balaban J connectivity index is 1.77. The van der Waals surface area contributed by atoms with Crippen LogP contribution >= 0.6 is 0 Å². The SMILES string of the molecule is CN=C(NCCS(=O)Cc1ccccc1)N(C)Cc1ncnn1C. The topological polar surface area (TPSA) is 75.4 Å². The molecule has 1 aromatic heterocycles. The zero-order valence-electron chi connectivity index (χ0n) is 14.3. The minimum absolute atomic E-state index is 0.575. The lowest BCUT2D eigenvalue weighted by molar-refractivity contribution is 0.450. The standard InChI is InChI=1S/C16H24N6OS/c1-17-16(21(2)11-15-19-13-20-22(15)3)18-9-10-24(23)12-14-7-5-4-6-8-14/h4-8,13H,9-12H2,1-3H3,(H,17,18). The fraction of sp³-hybridized carbons (Fsp3) is 0.438. The van der Waals surface area contributed by atoms with Crippen molar-refractivity contribution in [2.24, 2.45) is 12.0 Å². The average Bonchev–Trinajstić information content (AvgIpc) is 2.97. The normalized spacial score (nSPS) is 12.9. The van der Waals surface area contributed by atoms with Gasteiger partial charge in [-0.1, -0.05) is 30.3 Å². The molecule has 1 N–H and O–H groups in total. The molecule has 0 aliphatic carbocycles. The molecule has 0 fully saturated rings. The van der Waals surface area contributed by atoms with Gasteiger partial charge in [0.25, 0.3) is 0 Å². The minimum Gasteiger partial charge on any atom is -0.355 e. The van der Waals surface area contributed by atoms with Crippen LogP contribution in [-0.2, 0) is 30.1 Å². The number of nitrogens with one attached hydrogen (secondary N) is 1. The predicted octanol–water partition coefficient (Wildman–Crippen LogP) is 0.771. The fourth-order valence-electron chi connectivity index (χ4n) is 2.24. The summed E-state index contributed by atoms with van der Waals surface area (Å²) in [5.74, 6) is 2.75. The highest BCUT2D eigenvalue weighted by Crippen LogP contribution is 2.03. The summed E-state index contributed by atoms with van der Waals surface area (Å²) in [5, 5.41) is 7.30. The third-order valence-corrected chi connectivity index (χ3v) is 4.86. The Labute approximate surface area is 145 Å². The average molecular weight is 348 g/mol. The zero-order valence-corrected chi connectivity index (χ0v) is 15.2. The number of benzene rings is 1. The van der Waals surface area contributed by atoms with Gasteiger partial charge >= 0.3 is 0 Å². The number of hydrogen-bond donors (Lipinski definition) is 1. The number of nitrogens with zero attached hydrogens (tertiary/aromatic N) is 5. The van der Waals surface area contributed by atoms with E-state index in [1.54, 1.807) is 11.7 Å². The second kappa shape index (κ2) is 9.17. The van der Waals surface area contributed by atoms with E-state index in [0.29, 0.717) is 24.6 Å². The molecule has 0 spiro atoms. The highest BCUT2D eigenvalue weighted by molar-refractivity contribution is 7.84. The number of rotatable bonds is 7. The molecule has 2 aromatic rings. The Hall–Kier alpha value is -2.22. The molecular weight excluding hydrogens is 324 g/mol. The number of hydrogen-bond acceptors (Lipinski definition) is 4. The van der Waals surface area contributed by atoms with Crippen LogP contribution in [0, 0.1) is 0 Å². The number of guanidine groups is 1. The van der Waals surface area contributed by atoms with E-state index >= 15 is 0 Å². The Morgan fingerprint density at radius 3 is 2.75 bits per heavy atom. The minimum atomic E-state index is -0.900. The highest BCUT2D eigenvalue weighted by Gasteiger charge is 2.10. The van der Waals surface area contributed by atoms with Gasteiger partial charge < -0.3 is 10.2 Å². The third kappa shape index (κ3) is 5.45. The second-order valence-corrected chi connectivity index (χ2v) is 6.98. The van der Waals surface area contributed by atoms with Crippen molar-refractivity contribution < 1.29 is 4.21 Å². The highest BCUT2D eigenvalue weighted by atomic mass is 32.2. The Morgan fingerprint density at radius 2 is 2.12 bits per heavy atom. The smallest absolute Gasteiger partial charge is 0.193 e. The van der Waals surface area contributed by atoms with Gasteiger partial charge in [-0.3, -0.25) is 13.9 Å². The molecule has 0 saturated carbocycles. The molecular formula is C16H24N6OS. The van der Waals surface area contributed by atoms with E-state index in [9.17, 15) is 4.21 Å². The fourth-order valence-corrected chi connectivity index (χ4v) is 3.28. The van der Waals surface area contributed by atoms with Gasteiger partial charge in [0.05, 0.1) is 6.54 Å². The van der Waals surface area contributed by atoms with Gasteiger partial charge in [0.1, 0.15) is 12.2 Å². The Bertz CT molecular complexity index is 685. The molecule has 1 unspecified atom stereocenters. The van der Waals surface area contributed by atoms with Crippen LogP contribution in [0.3, 0.4) is 0 Å². The van der Waals surface area contributed by atoms with Crippen molar-refractivity contribution in [3.63, 3.8) is 0 Å². The van der Waals surface area contributed by atoms with Gasteiger partial charge in [-0.05, 0) is 5.56 Å². The van der Waals surface area contributed by atoms with Gasteiger partial charge in [-0.2, -0.15) is 5.10 Å². The number of aryl methyl sites for hydroxylation is 1. The lowest BCUT2D eigenvalue weighted by Gasteiger charge is -2.21. The molecule has 0 aliphatic heterocycles.